The van der Waals surface area contributed by atoms with Crippen LogP contribution in [0.15, 0.2) is 24.3 Å². The molecule has 0 bridgehead atoms. The maximum Gasteiger partial charge on any atom is 0.234 e. The Kier molecular flexibility index (Phi) is 6.04. The predicted octanol–water partition coefficient (Wildman–Crippen LogP) is 1.86. The van der Waals surface area contributed by atoms with Gasteiger partial charge in [-0.2, -0.15) is 0 Å². The summed E-state index contributed by atoms with van der Waals surface area (Å²) in [5.41, 5.74) is 0.959. The molecule has 0 saturated carbocycles. The molecule has 0 spiro atoms. The number of rotatable bonds is 6. The number of hydrogen-bond acceptors (Lipinski definition) is 2. The number of terminal acetylenes is 1. The van der Waals surface area contributed by atoms with Crippen LogP contribution in [-0.2, 0) is 4.79 Å². The lowest BCUT2D eigenvalue weighted by molar-refractivity contribution is -0.120. The second kappa shape index (κ2) is 7.55. The Morgan fingerprint density at radius 2 is 2.00 bits per heavy atom. The molecular weight excluding hydrogens is 243 g/mol. The van der Waals surface area contributed by atoms with E-state index >= 15 is 0 Å². The summed E-state index contributed by atoms with van der Waals surface area (Å²) >= 11 is 0. The molecule has 0 saturated heterocycles. The fraction of sp³-hybridized carbons (Fsp3) is 0.400. The number of carbonyl (C=O) groups is 1. The normalized spacial score (nSPS) is 11.9. The standard InChI is InChI=1S/C15H19FN2O/c1-4-9-17-14(19)10-18-15(11(2)3)12-5-7-13(16)8-6-12/h1,5-8,11,15,18H,9-10H2,2-3H3,(H,17,19). The summed E-state index contributed by atoms with van der Waals surface area (Å²) in [5, 5.41) is 5.75. The quantitative estimate of drug-likeness (QED) is 0.768. The summed E-state index contributed by atoms with van der Waals surface area (Å²) in [6.45, 7) is 4.49. The van der Waals surface area contributed by atoms with Crippen LogP contribution in [0.3, 0.4) is 0 Å². The van der Waals surface area contributed by atoms with E-state index in [9.17, 15) is 9.18 Å². The van der Waals surface area contributed by atoms with Gasteiger partial charge in [0.25, 0.3) is 0 Å². The number of hydrogen-bond donors (Lipinski definition) is 2. The van der Waals surface area contributed by atoms with Gasteiger partial charge in [-0.25, -0.2) is 4.39 Å². The lowest BCUT2D eigenvalue weighted by atomic mass is 9.96. The Morgan fingerprint density at radius 3 is 2.53 bits per heavy atom. The second-order valence-electron chi connectivity index (χ2n) is 4.63. The van der Waals surface area contributed by atoms with Crippen molar-refractivity contribution in [2.45, 2.75) is 19.9 Å². The Morgan fingerprint density at radius 1 is 1.37 bits per heavy atom. The molecule has 0 radical (unpaired) electrons. The van der Waals surface area contributed by atoms with Crippen LogP contribution >= 0.6 is 0 Å². The van der Waals surface area contributed by atoms with Gasteiger partial charge in [0.05, 0.1) is 13.1 Å². The SMILES string of the molecule is C#CCNC(=O)CNC(c1ccc(F)cc1)C(C)C. The van der Waals surface area contributed by atoms with E-state index in [4.69, 9.17) is 6.42 Å². The highest BCUT2D eigenvalue weighted by Gasteiger charge is 2.16. The summed E-state index contributed by atoms with van der Waals surface area (Å²) < 4.78 is 12.9. The molecule has 3 nitrogen and oxygen atoms in total. The molecule has 1 unspecified atom stereocenters. The fourth-order valence-electron chi connectivity index (χ4n) is 1.82. The van der Waals surface area contributed by atoms with Crippen molar-refractivity contribution in [1.29, 1.82) is 0 Å². The summed E-state index contributed by atoms with van der Waals surface area (Å²) in [6, 6.07) is 6.30. The van der Waals surface area contributed by atoms with E-state index in [0.29, 0.717) is 0 Å². The van der Waals surface area contributed by atoms with E-state index in [1.165, 1.54) is 12.1 Å². The van der Waals surface area contributed by atoms with Gasteiger partial charge in [-0.3, -0.25) is 4.79 Å². The van der Waals surface area contributed by atoms with Crippen molar-refractivity contribution in [2.24, 2.45) is 5.92 Å². The van der Waals surface area contributed by atoms with E-state index in [1.54, 1.807) is 12.1 Å². The van der Waals surface area contributed by atoms with Crippen LogP contribution in [0.1, 0.15) is 25.5 Å². The first-order valence-electron chi connectivity index (χ1n) is 6.23. The second-order valence-corrected chi connectivity index (χ2v) is 4.63. The average molecular weight is 262 g/mol. The predicted molar refractivity (Wildman–Crippen MR) is 73.8 cm³/mol. The first kappa shape index (κ1) is 15.2. The largest absolute Gasteiger partial charge is 0.344 e. The average Bonchev–Trinajstić information content (AvgIpc) is 2.38. The van der Waals surface area contributed by atoms with Crippen molar-refractivity contribution >= 4 is 5.91 Å². The number of carbonyl (C=O) groups excluding carboxylic acids is 1. The van der Waals surface area contributed by atoms with E-state index < -0.39 is 0 Å². The molecule has 2 N–H and O–H groups in total. The third-order valence-electron chi connectivity index (χ3n) is 2.77. The Labute approximate surface area is 113 Å². The van der Waals surface area contributed by atoms with Crippen molar-refractivity contribution in [2.75, 3.05) is 13.1 Å². The van der Waals surface area contributed by atoms with Crippen LogP contribution in [0.25, 0.3) is 0 Å². The van der Waals surface area contributed by atoms with Gasteiger partial charge in [-0.1, -0.05) is 31.9 Å². The first-order valence-corrected chi connectivity index (χ1v) is 6.23. The molecule has 1 aromatic rings. The lowest BCUT2D eigenvalue weighted by Gasteiger charge is -2.22. The van der Waals surface area contributed by atoms with Gasteiger partial charge in [-0.05, 0) is 23.6 Å². The molecule has 1 atom stereocenters. The van der Waals surface area contributed by atoms with Crippen molar-refractivity contribution in [1.82, 2.24) is 10.6 Å². The number of benzene rings is 1. The molecule has 0 aliphatic carbocycles. The molecule has 0 fully saturated rings. The third-order valence-corrected chi connectivity index (χ3v) is 2.77. The zero-order valence-corrected chi connectivity index (χ0v) is 11.2. The highest BCUT2D eigenvalue weighted by Crippen LogP contribution is 2.21. The first-order chi connectivity index (χ1) is 9.04. The Bertz CT molecular complexity index is 448. The van der Waals surface area contributed by atoms with Crippen LogP contribution in [-0.4, -0.2) is 19.0 Å². The Hall–Kier alpha value is -1.86. The van der Waals surface area contributed by atoms with Crippen molar-refractivity contribution < 1.29 is 9.18 Å². The van der Waals surface area contributed by atoms with Crippen molar-refractivity contribution in [3.8, 4) is 12.3 Å². The van der Waals surface area contributed by atoms with E-state index in [0.717, 1.165) is 5.56 Å². The van der Waals surface area contributed by atoms with Gasteiger partial charge in [0.1, 0.15) is 5.82 Å². The van der Waals surface area contributed by atoms with Crippen LogP contribution in [0.5, 0.6) is 0 Å². The van der Waals surface area contributed by atoms with Crippen molar-refractivity contribution in [3.63, 3.8) is 0 Å². The summed E-state index contributed by atoms with van der Waals surface area (Å²) in [5.74, 6) is 2.22. The summed E-state index contributed by atoms with van der Waals surface area (Å²) in [6.07, 6.45) is 5.07. The van der Waals surface area contributed by atoms with Crippen LogP contribution < -0.4 is 10.6 Å². The minimum atomic E-state index is -0.266. The number of halogens is 1. The van der Waals surface area contributed by atoms with E-state index in [1.807, 2.05) is 13.8 Å². The molecule has 1 amide bonds. The van der Waals surface area contributed by atoms with Gasteiger partial charge < -0.3 is 10.6 Å². The zero-order valence-electron chi connectivity index (χ0n) is 11.2. The number of amides is 1. The Balaban J connectivity index is 2.61. The van der Waals surface area contributed by atoms with Gasteiger partial charge >= 0.3 is 0 Å². The summed E-state index contributed by atoms with van der Waals surface area (Å²) in [4.78, 5) is 11.5. The van der Waals surface area contributed by atoms with Crippen LogP contribution in [0, 0.1) is 24.1 Å². The molecular formula is C15H19FN2O. The molecule has 1 rings (SSSR count). The molecule has 0 aromatic heterocycles. The third kappa shape index (κ3) is 5.11. The smallest absolute Gasteiger partial charge is 0.234 e. The topological polar surface area (TPSA) is 41.1 Å². The van der Waals surface area contributed by atoms with Gasteiger partial charge in [0, 0.05) is 6.04 Å². The van der Waals surface area contributed by atoms with Gasteiger partial charge in [-0.15, -0.1) is 6.42 Å². The van der Waals surface area contributed by atoms with Crippen LogP contribution in [0.4, 0.5) is 4.39 Å². The molecule has 19 heavy (non-hydrogen) atoms. The summed E-state index contributed by atoms with van der Waals surface area (Å²) in [7, 11) is 0. The molecule has 0 aliphatic heterocycles. The maximum atomic E-state index is 12.9. The lowest BCUT2D eigenvalue weighted by Crippen LogP contribution is -2.37. The van der Waals surface area contributed by atoms with Crippen LogP contribution in [0.2, 0.25) is 0 Å². The van der Waals surface area contributed by atoms with E-state index in [2.05, 4.69) is 16.6 Å². The molecule has 102 valence electrons. The molecule has 0 aliphatic rings. The number of nitrogens with one attached hydrogen (secondary N) is 2. The van der Waals surface area contributed by atoms with Gasteiger partial charge in [0.2, 0.25) is 5.91 Å². The minimum absolute atomic E-state index is 0.00261. The zero-order chi connectivity index (χ0) is 14.3. The van der Waals surface area contributed by atoms with Crippen molar-refractivity contribution in [3.05, 3.63) is 35.6 Å². The molecule has 0 heterocycles. The maximum absolute atomic E-state index is 12.9. The highest BCUT2D eigenvalue weighted by molar-refractivity contribution is 5.78. The fourth-order valence-corrected chi connectivity index (χ4v) is 1.82. The monoisotopic (exact) mass is 262 g/mol. The molecule has 1 aromatic carbocycles. The molecule has 4 heteroatoms. The van der Waals surface area contributed by atoms with Gasteiger partial charge in [0.15, 0.2) is 0 Å². The van der Waals surface area contributed by atoms with E-state index in [-0.39, 0.29) is 36.8 Å². The highest BCUT2D eigenvalue weighted by atomic mass is 19.1. The minimum Gasteiger partial charge on any atom is -0.344 e.